The molecule has 0 aromatic carbocycles. The van der Waals surface area contributed by atoms with Crippen molar-refractivity contribution >= 4 is 9.28 Å². The van der Waals surface area contributed by atoms with E-state index in [1.54, 1.807) is 7.11 Å². The quantitative estimate of drug-likeness (QED) is 0.577. The van der Waals surface area contributed by atoms with Gasteiger partial charge in [-0.2, -0.15) is 0 Å². The lowest BCUT2D eigenvalue weighted by molar-refractivity contribution is 0.161. The van der Waals surface area contributed by atoms with Crippen LogP contribution in [0.4, 0.5) is 0 Å². The molecule has 3 heteroatoms. The molecule has 0 bridgehead atoms. The van der Waals surface area contributed by atoms with Gasteiger partial charge in [-0.15, -0.1) is 0 Å². The largest absolute Gasteiger partial charge is 0.400 e. The van der Waals surface area contributed by atoms with Gasteiger partial charge in [0, 0.05) is 13.2 Å². The van der Waals surface area contributed by atoms with Crippen LogP contribution in [-0.2, 0) is 8.85 Å². The molecule has 0 aliphatic heterocycles. The fourth-order valence-electron chi connectivity index (χ4n) is 0.832. The third-order valence-corrected chi connectivity index (χ3v) is 4.09. The summed E-state index contributed by atoms with van der Waals surface area (Å²) >= 11 is 0. The molecule has 0 aromatic rings. The minimum atomic E-state index is -1.29. The highest BCUT2D eigenvalue weighted by molar-refractivity contribution is 6.44. The Morgan fingerprint density at radius 2 is 2.00 bits per heavy atom. The normalized spacial score (nSPS) is 16.4. The summed E-state index contributed by atoms with van der Waals surface area (Å²) in [5, 5.41) is 0. The van der Waals surface area contributed by atoms with Gasteiger partial charge in [0.1, 0.15) is 0 Å². The number of hydrogen-bond donors (Lipinski definition) is 0. The summed E-state index contributed by atoms with van der Waals surface area (Å²) in [7, 11) is 0.470. The maximum atomic E-state index is 5.71. The zero-order valence-electron chi connectivity index (χ0n) is 8.09. The summed E-state index contributed by atoms with van der Waals surface area (Å²) in [6.07, 6.45) is 2.62. The van der Waals surface area contributed by atoms with Gasteiger partial charge in [-0.1, -0.05) is 20.3 Å². The molecule has 0 aromatic heterocycles. The Morgan fingerprint density at radius 3 is 2.36 bits per heavy atom. The summed E-state index contributed by atoms with van der Waals surface area (Å²) < 4.78 is 11.0. The predicted molar refractivity (Wildman–Crippen MR) is 50.1 cm³/mol. The first-order chi connectivity index (χ1) is 5.24. The molecular weight excluding hydrogens is 156 g/mol. The fourth-order valence-corrected chi connectivity index (χ4v) is 2.50. The van der Waals surface area contributed by atoms with Crippen LogP contribution in [-0.4, -0.2) is 22.5 Å². The topological polar surface area (TPSA) is 18.5 Å². The van der Waals surface area contributed by atoms with Crippen molar-refractivity contribution in [2.75, 3.05) is 7.11 Å². The van der Waals surface area contributed by atoms with Crippen molar-refractivity contribution in [3.63, 3.8) is 0 Å². The lowest BCUT2D eigenvalue weighted by Crippen LogP contribution is -2.25. The second-order valence-corrected chi connectivity index (χ2v) is 4.99. The highest BCUT2D eigenvalue weighted by Crippen LogP contribution is 2.05. The maximum absolute atomic E-state index is 5.71. The molecule has 0 spiro atoms. The predicted octanol–water partition coefficient (Wildman–Crippen LogP) is 2.08. The van der Waals surface area contributed by atoms with Gasteiger partial charge in [-0.3, -0.25) is 0 Å². The second kappa shape index (κ2) is 6.82. The molecule has 0 saturated heterocycles. The summed E-state index contributed by atoms with van der Waals surface area (Å²) in [5.41, 5.74) is 0. The minimum Gasteiger partial charge on any atom is -0.400 e. The van der Waals surface area contributed by atoms with E-state index in [4.69, 9.17) is 8.85 Å². The van der Waals surface area contributed by atoms with Crippen molar-refractivity contribution < 1.29 is 8.85 Å². The van der Waals surface area contributed by atoms with Crippen LogP contribution in [0.3, 0.4) is 0 Å². The highest BCUT2D eigenvalue weighted by Gasteiger charge is 2.12. The zero-order chi connectivity index (χ0) is 8.69. The molecular formula is C8H20O2Si. The first-order valence-corrected chi connectivity index (χ1v) is 6.18. The van der Waals surface area contributed by atoms with Crippen LogP contribution in [0, 0.1) is 0 Å². The molecule has 0 saturated carbocycles. The molecule has 2 unspecified atom stereocenters. The lowest BCUT2D eigenvalue weighted by atomic mass is 10.3. The van der Waals surface area contributed by atoms with E-state index in [-0.39, 0.29) is 0 Å². The Morgan fingerprint density at radius 1 is 1.36 bits per heavy atom. The summed E-state index contributed by atoms with van der Waals surface area (Å²) in [4.78, 5) is 0. The van der Waals surface area contributed by atoms with E-state index in [1.165, 1.54) is 6.42 Å². The van der Waals surface area contributed by atoms with Crippen molar-refractivity contribution in [1.82, 2.24) is 0 Å². The molecule has 11 heavy (non-hydrogen) atoms. The van der Waals surface area contributed by atoms with E-state index in [9.17, 15) is 0 Å². The maximum Gasteiger partial charge on any atom is 0.321 e. The molecule has 0 N–H and O–H groups in total. The molecule has 0 aliphatic carbocycles. The SMILES string of the molecule is CCC[SiH](OC)OC(C)CC. The number of rotatable bonds is 6. The van der Waals surface area contributed by atoms with Crippen LogP contribution >= 0.6 is 0 Å². The van der Waals surface area contributed by atoms with Crippen molar-refractivity contribution in [3.05, 3.63) is 0 Å². The van der Waals surface area contributed by atoms with Crippen LogP contribution in [0.5, 0.6) is 0 Å². The standard InChI is InChI=1S/C8H20O2Si/c1-5-7-11(9-4)10-8(3)6-2/h8,11H,5-7H2,1-4H3. The van der Waals surface area contributed by atoms with E-state index in [1.807, 2.05) is 0 Å². The van der Waals surface area contributed by atoms with Gasteiger partial charge in [0.25, 0.3) is 0 Å². The van der Waals surface area contributed by atoms with Crippen LogP contribution in [0.1, 0.15) is 33.6 Å². The molecule has 0 fully saturated rings. The van der Waals surface area contributed by atoms with Crippen molar-refractivity contribution in [2.24, 2.45) is 0 Å². The van der Waals surface area contributed by atoms with E-state index in [2.05, 4.69) is 20.8 Å². The van der Waals surface area contributed by atoms with Crippen LogP contribution in [0.15, 0.2) is 0 Å². The summed E-state index contributed by atoms with van der Waals surface area (Å²) in [5.74, 6) is 0. The first kappa shape index (κ1) is 11.1. The number of hydrogen-bond acceptors (Lipinski definition) is 2. The average molecular weight is 176 g/mol. The van der Waals surface area contributed by atoms with Gasteiger partial charge in [-0.05, 0) is 19.4 Å². The van der Waals surface area contributed by atoms with Gasteiger partial charge < -0.3 is 8.85 Å². The monoisotopic (exact) mass is 176 g/mol. The smallest absolute Gasteiger partial charge is 0.321 e. The Bertz CT molecular complexity index is 88.2. The van der Waals surface area contributed by atoms with Gasteiger partial charge >= 0.3 is 9.28 Å². The van der Waals surface area contributed by atoms with E-state index in [0.717, 1.165) is 12.5 Å². The lowest BCUT2D eigenvalue weighted by Gasteiger charge is -2.17. The van der Waals surface area contributed by atoms with Gasteiger partial charge in [0.15, 0.2) is 0 Å². The molecule has 68 valence electrons. The second-order valence-electron chi connectivity index (χ2n) is 2.81. The Labute approximate surface area is 71.7 Å². The van der Waals surface area contributed by atoms with Crippen molar-refractivity contribution in [3.8, 4) is 0 Å². The fraction of sp³-hybridized carbons (Fsp3) is 1.00. The van der Waals surface area contributed by atoms with E-state index in [0.29, 0.717) is 6.10 Å². The summed E-state index contributed by atoms with van der Waals surface area (Å²) in [6.45, 7) is 6.41. The minimum absolute atomic E-state index is 0.373. The van der Waals surface area contributed by atoms with Crippen LogP contribution in [0.25, 0.3) is 0 Å². The Balaban J connectivity index is 3.49. The van der Waals surface area contributed by atoms with Crippen molar-refractivity contribution in [1.29, 1.82) is 0 Å². The van der Waals surface area contributed by atoms with E-state index >= 15 is 0 Å². The molecule has 0 heterocycles. The summed E-state index contributed by atoms with van der Waals surface area (Å²) in [6, 6.07) is 1.13. The van der Waals surface area contributed by atoms with E-state index < -0.39 is 9.28 Å². The Kier molecular flexibility index (Phi) is 6.91. The average Bonchev–Trinajstić information content (AvgIpc) is 2.03. The molecule has 0 aliphatic rings. The molecule has 2 nitrogen and oxygen atoms in total. The van der Waals surface area contributed by atoms with Gasteiger partial charge in [0.05, 0.1) is 0 Å². The Hall–Kier alpha value is 0.137. The van der Waals surface area contributed by atoms with Crippen LogP contribution in [0.2, 0.25) is 6.04 Å². The third-order valence-electron chi connectivity index (χ3n) is 1.75. The van der Waals surface area contributed by atoms with Crippen LogP contribution < -0.4 is 0 Å². The zero-order valence-corrected chi connectivity index (χ0v) is 9.25. The molecule has 0 amide bonds. The molecule has 0 rings (SSSR count). The van der Waals surface area contributed by atoms with Gasteiger partial charge in [-0.25, -0.2) is 0 Å². The third kappa shape index (κ3) is 5.41. The molecule has 2 atom stereocenters. The first-order valence-electron chi connectivity index (χ1n) is 4.42. The van der Waals surface area contributed by atoms with Gasteiger partial charge in [0.2, 0.25) is 0 Å². The van der Waals surface area contributed by atoms with Crippen molar-refractivity contribution in [2.45, 2.75) is 45.8 Å². The molecule has 0 radical (unpaired) electrons. The highest BCUT2D eigenvalue weighted by atomic mass is 28.3.